The number of benzene rings is 2. The van der Waals surface area contributed by atoms with E-state index in [9.17, 15) is 19.2 Å². The SMILES string of the molecule is CCCCc1ccc(NC(=O)COC(=O)c2cccc(N3C(=O)CCC3=O)c2)cc1. The number of esters is 1. The number of aryl methyl sites for hydroxylation is 1. The molecular formula is C23H24N2O5. The molecule has 7 nitrogen and oxygen atoms in total. The summed E-state index contributed by atoms with van der Waals surface area (Å²) in [4.78, 5) is 49.2. The van der Waals surface area contributed by atoms with Crippen LogP contribution in [0.2, 0.25) is 0 Å². The Morgan fingerprint density at radius 3 is 2.40 bits per heavy atom. The summed E-state index contributed by atoms with van der Waals surface area (Å²) in [6, 6.07) is 13.6. The maximum Gasteiger partial charge on any atom is 0.338 e. The Labute approximate surface area is 175 Å². The predicted molar refractivity (Wildman–Crippen MR) is 112 cm³/mol. The second kappa shape index (κ2) is 9.82. The molecule has 0 aliphatic carbocycles. The summed E-state index contributed by atoms with van der Waals surface area (Å²) in [6.07, 6.45) is 3.55. The predicted octanol–water partition coefficient (Wildman–Crippen LogP) is 3.48. The highest BCUT2D eigenvalue weighted by Gasteiger charge is 2.30. The summed E-state index contributed by atoms with van der Waals surface area (Å²) in [7, 11) is 0. The first-order valence-corrected chi connectivity index (χ1v) is 9.99. The molecule has 3 rings (SSSR count). The normalized spacial score (nSPS) is 13.4. The van der Waals surface area contributed by atoms with Crippen LogP contribution in [-0.2, 0) is 25.5 Å². The van der Waals surface area contributed by atoms with Crippen LogP contribution >= 0.6 is 0 Å². The van der Waals surface area contributed by atoms with E-state index < -0.39 is 18.5 Å². The van der Waals surface area contributed by atoms with Gasteiger partial charge in [0.25, 0.3) is 5.91 Å². The zero-order valence-corrected chi connectivity index (χ0v) is 16.8. The molecule has 0 bridgehead atoms. The van der Waals surface area contributed by atoms with E-state index in [0.29, 0.717) is 11.4 Å². The average molecular weight is 408 g/mol. The molecule has 3 amide bonds. The summed E-state index contributed by atoms with van der Waals surface area (Å²) in [5, 5.41) is 2.69. The van der Waals surface area contributed by atoms with Gasteiger partial charge in [-0.05, 0) is 48.7 Å². The van der Waals surface area contributed by atoms with Gasteiger partial charge in [-0.2, -0.15) is 0 Å². The summed E-state index contributed by atoms with van der Waals surface area (Å²) in [5.74, 6) is -1.76. The zero-order valence-electron chi connectivity index (χ0n) is 16.8. The Kier molecular flexibility index (Phi) is 6.95. The molecule has 1 aliphatic rings. The third kappa shape index (κ3) is 5.31. The number of carbonyl (C=O) groups excluding carboxylic acids is 4. The molecule has 0 radical (unpaired) electrons. The lowest BCUT2D eigenvalue weighted by Gasteiger charge is -2.14. The van der Waals surface area contributed by atoms with Crippen molar-refractivity contribution in [2.75, 3.05) is 16.8 Å². The molecule has 0 aromatic heterocycles. The minimum atomic E-state index is -0.707. The number of imide groups is 1. The first-order valence-electron chi connectivity index (χ1n) is 9.99. The number of ether oxygens (including phenoxy) is 1. The van der Waals surface area contributed by atoms with Crippen LogP contribution in [0.25, 0.3) is 0 Å². The maximum absolute atomic E-state index is 12.3. The highest BCUT2D eigenvalue weighted by atomic mass is 16.5. The Morgan fingerprint density at radius 2 is 1.73 bits per heavy atom. The minimum Gasteiger partial charge on any atom is -0.452 e. The van der Waals surface area contributed by atoms with E-state index in [2.05, 4.69) is 12.2 Å². The van der Waals surface area contributed by atoms with Crippen molar-refractivity contribution < 1.29 is 23.9 Å². The highest BCUT2D eigenvalue weighted by molar-refractivity contribution is 6.20. The van der Waals surface area contributed by atoms with Crippen LogP contribution in [0.15, 0.2) is 48.5 Å². The topological polar surface area (TPSA) is 92.8 Å². The monoisotopic (exact) mass is 408 g/mol. The standard InChI is InChI=1S/C23H24N2O5/c1-2-3-5-16-8-10-18(11-9-16)24-20(26)15-30-23(29)17-6-4-7-19(14-17)25-21(27)12-13-22(25)28/h4,6-11,14H,2-3,5,12-13,15H2,1H3,(H,24,26). The number of amides is 3. The van der Waals surface area contributed by atoms with Gasteiger partial charge < -0.3 is 10.1 Å². The van der Waals surface area contributed by atoms with Gasteiger partial charge >= 0.3 is 5.97 Å². The van der Waals surface area contributed by atoms with Gasteiger partial charge in [0, 0.05) is 18.5 Å². The lowest BCUT2D eigenvalue weighted by atomic mass is 10.1. The van der Waals surface area contributed by atoms with Gasteiger partial charge in [0.1, 0.15) is 0 Å². The van der Waals surface area contributed by atoms with Gasteiger partial charge in [0.15, 0.2) is 6.61 Å². The first-order chi connectivity index (χ1) is 14.5. The number of rotatable bonds is 8. The molecule has 0 unspecified atom stereocenters. The Balaban J connectivity index is 1.54. The van der Waals surface area contributed by atoms with Crippen LogP contribution in [0.5, 0.6) is 0 Å². The lowest BCUT2D eigenvalue weighted by Crippen LogP contribution is -2.28. The Morgan fingerprint density at radius 1 is 1.03 bits per heavy atom. The fraction of sp³-hybridized carbons (Fsp3) is 0.304. The average Bonchev–Trinajstić information content (AvgIpc) is 3.09. The van der Waals surface area contributed by atoms with E-state index in [-0.39, 0.29) is 30.2 Å². The second-order valence-electron chi connectivity index (χ2n) is 7.10. The number of carbonyl (C=O) groups is 4. The van der Waals surface area contributed by atoms with Crippen LogP contribution in [0.3, 0.4) is 0 Å². The molecule has 1 saturated heterocycles. The molecule has 7 heteroatoms. The summed E-state index contributed by atoms with van der Waals surface area (Å²) < 4.78 is 5.07. The lowest BCUT2D eigenvalue weighted by molar-refractivity contribution is -0.121. The Bertz CT molecular complexity index is 936. The van der Waals surface area contributed by atoms with Gasteiger partial charge in [0.05, 0.1) is 11.3 Å². The number of unbranched alkanes of at least 4 members (excludes halogenated alkanes) is 1. The quantitative estimate of drug-likeness (QED) is 0.533. The van der Waals surface area contributed by atoms with Crippen LogP contribution in [0.4, 0.5) is 11.4 Å². The molecular weight excluding hydrogens is 384 g/mol. The number of anilines is 2. The smallest absolute Gasteiger partial charge is 0.338 e. The van der Waals surface area contributed by atoms with Gasteiger partial charge in [-0.15, -0.1) is 0 Å². The van der Waals surface area contributed by atoms with E-state index in [0.717, 1.165) is 24.2 Å². The molecule has 2 aromatic carbocycles. The van der Waals surface area contributed by atoms with Crippen molar-refractivity contribution in [2.45, 2.75) is 39.0 Å². The third-order valence-corrected chi connectivity index (χ3v) is 4.78. The second-order valence-corrected chi connectivity index (χ2v) is 7.10. The van der Waals surface area contributed by atoms with Crippen LogP contribution in [0, 0.1) is 0 Å². The maximum atomic E-state index is 12.3. The van der Waals surface area contributed by atoms with E-state index in [1.54, 1.807) is 12.1 Å². The van der Waals surface area contributed by atoms with Crippen LogP contribution < -0.4 is 10.2 Å². The van der Waals surface area contributed by atoms with Crippen molar-refractivity contribution in [3.05, 3.63) is 59.7 Å². The Hall–Kier alpha value is -3.48. The molecule has 0 saturated carbocycles. The molecule has 1 fully saturated rings. The van der Waals surface area contributed by atoms with Gasteiger partial charge in [0.2, 0.25) is 11.8 Å². The van der Waals surface area contributed by atoms with E-state index in [4.69, 9.17) is 4.74 Å². The van der Waals surface area contributed by atoms with Gasteiger partial charge in [-0.3, -0.25) is 19.3 Å². The molecule has 1 aliphatic heterocycles. The summed E-state index contributed by atoms with van der Waals surface area (Å²) in [5.41, 5.74) is 2.32. The molecule has 2 aromatic rings. The highest BCUT2D eigenvalue weighted by Crippen LogP contribution is 2.23. The van der Waals surface area contributed by atoms with Crippen molar-refractivity contribution in [1.82, 2.24) is 0 Å². The third-order valence-electron chi connectivity index (χ3n) is 4.78. The largest absolute Gasteiger partial charge is 0.452 e. The fourth-order valence-electron chi connectivity index (χ4n) is 3.18. The van der Waals surface area contributed by atoms with Crippen molar-refractivity contribution in [1.29, 1.82) is 0 Å². The molecule has 156 valence electrons. The molecule has 0 spiro atoms. The number of nitrogens with zero attached hydrogens (tertiary/aromatic N) is 1. The molecule has 30 heavy (non-hydrogen) atoms. The van der Waals surface area contributed by atoms with E-state index >= 15 is 0 Å². The van der Waals surface area contributed by atoms with Crippen molar-refractivity contribution in [3.63, 3.8) is 0 Å². The zero-order chi connectivity index (χ0) is 21.5. The summed E-state index contributed by atoms with van der Waals surface area (Å²) in [6.45, 7) is 1.69. The van der Waals surface area contributed by atoms with Gasteiger partial charge in [-0.25, -0.2) is 4.79 Å². The van der Waals surface area contributed by atoms with Gasteiger partial charge in [-0.1, -0.05) is 31.5 Å². The number of hydrogen-bond acceptors (Lipinski definition) is 5. The molecule has 1 N–H and O–H groups in total. The van der Waals surface area contributed by atoms with Crippen LogP contribution in [-0.4, -0.2) is 30.3 Å². The van der Waals surface area contributed by atoms with E-state index in [1.807, 2.05) is 24.3 Å². The first kappa shape index (κ1) is 21.2. The number of hydrogen-bond donors (Lipinski definition) is 1. The number of nitrogens with one attached hydrogen (secondary N) is 1. The summed E-state index contributed by atoms with van der Waals surface area (Å²) >= 11 is 0. The van der Waals surface area contributed by atoms with Crippen molar-refractivity contribution in [3.8, 4) is 0 Å². The van der Waals surface area contributed by atoms with Crippen molar-refractivity contribution >= 4 is 35.1 Å². The van der Waals surface area contributed by atoms with Crippen LogP contribution in [0.1, 0.15) is 48.5 Å². The molecule has 0 atom stereocenters. The minimum absolute atomic E-state index is 0.160. The molecule has 1 heterocycles. The van der Waals surface area contributed by atoms with E-state index in [1.165, 1.54) is 17.7 Å². The van der Waals surface area contributed by atoms with Crippen molar-refractivity contribution in [2.24, 2.45) is 0 Å². The fourth-order valence-corrected chi connectivity index (χ4v) is 3.18.